The van der Waals surface area contributed by atoms with Crippen molar-refractivity contribution in [2.45, 2.75) is 33.1 Å². The molecule has 0 unspecified atom stereocenters. The number of aromatic nitrogens is 2. The maximum Gasteiger partial charge on any atom is 0.0848 e. The van der Waals surface area contributed by atoms with E-state index in [9.17, 15) is 0 Å². The molecule has 0 saturated heterocycles. The largest absolute Gasteiger partial charge is 0.256 e. The van der Waals surface area contributed by atoms with Crippen LogP contribution in [0.4, 0.5) is 0 Å². The van der Waals surface area contributed by atoms with E-state index in [4.69, 9.17) is 0 Å². The van der Waals surface area contributed by atoms with Crippen molar-refractivity contribution in [1.82, 2.24) is 9.97 Å². The highest BCUT2D eigenvalue weighted by Crippen LogP contribution is 2.25. The fourth-order valence-corrected chi connectivity index (χ4v) is 2.32. The Morgan fingerprint density at radius 3 is 2.86 bits per heavy atom. The van der Waals surface area contributed by atoms with Gasteiger partial charge in [0.1, 0.15) is 0 Å². The van der Waals surface area contributed by atoms with Crippen LogP contribution in [-0.2, 0) is 6.42 Å². The number of hydrogen-bond donors (Lipinski definition) is 0. The Morgan fingerprint density at radius 2 is 2.21 bits per heavy atom. The molecule has 2 aromatic heterocycles. The van der Waals surface area contributed by atoms with Crippen molar-refractivity contribution >= 4 is 21.6 Å². The van der Waals surface area contributed by atoms with Crippen LogP contribution in [0.1, 0.15) is 38.1 Å². The quantitative estimate of drug-likeness (QED) is 0.752. The van der Waals surface area contributed by atoms with Crippen molar-refractivity contribution in [3.63, 3.8) is 0 Å². The highest BCUT2D eigenvalue weighted by atomic mass is 32.1. The Morgan fingerprint density at radius 1 is 1.43 bits per heavy atom. The third kappa shape index (κ3) is 1.52. The van der Waals surface area contributed by atoms with Crippen LogP contribution >= 0.6 is 11.3 Å². The summed E-state index contributed by atoms with van der Waals surface area (Å²) in [4.78, 5) is 9.01. The first-order valence-corrected chi connectivity index (χ1v) is 5.83. The van der Waals surface area contributed by atoms with Crippen LogP contribution in [0.3, 0.4) is 0 Å². The molecule has 0 N–H and O–H groups in total. The van der Waals surface area contributed by atoms with Crippen LogP contribution in [-0.4, -0.2) is 9.97 Å². The van der Waals surface area contributed by atoms with Crippen molar-refractivity contribution in [3.05, 3.63) is 23.0 Å². The molecule has 0 aliphatic carbocycles. The number of aryl methyl sites for hydroxylation is 1. The molecule has 14 heavy (non-hydrogen) atoms. The van der Waals surface area contributed by atoms with E-state index < -0.39 is 0 Å². The first-order chi connectivity index (χ1) is 6.72. The van der Waals surface area contributed by atoms with Gasteiger partial charge in [-0.2, -0.15) is 0 Å². The lowest BCUT2D eigenvalue weighted by atomic mass is 10.1. The summed E-state index contributed by atoms with van der Waals surface area (Å²) in [6.45, 7) is 6.48. The maximum atomic E-state index is 4.66. The highest BCUT2D eigenvalue weighted by Gasteiger charge is 2.08. The standard InChI is InChI=1S/C11H14N2S/c1-4-8-11-10(12-6-14-11)5-9(13-8)7(2)3/h5-7H,4H2,1-3H3. The fourth-order valence-electron chi connectivity index (χ4n) is 1.49. The second-order valence-electron chi connectivity index (χ2n) is 3.70. The highest BCUT2D eigenvalue weighted by molar-refractivity contribution is 7.16. The third-order valence-corrected chi connectivity index (χ3v) is 3.22. The molecule has 0 atom stereocenters. The first-order valence-electron chi connectivity index (χ1n) is 4.95. The minimum absolute atomic E-state index is 0.478. The Balaban J connectivity index is 2.67. The van der Waals surface area contributed by atoms with Crippen LogP contribution in [0.25, 0.3) is 10.2 Å². The van der Waals surface area contributed by atoms with E-state index >= 15 is 0 Å². The molecule has 0 spiro atoms. The number of thiazole rings is 1. The zero-order valence-electron chi connectivity index (χ0n) is 8.74. The average molecular weight is 206 g/mol. The van der Waals surface area contributed by atoms with Crippen molar-refractivity contribution < 1.29 is 0 Å². The summed E-state index contributed by atoms with van der Waals surface area (Å²) in [6, 6.07) is 2.11. The third-order valence-electron chi connectivity index (χ3n) is 2.33. The van der Waals surface area contributed by atoms with Crippen molar-refractivity contribution in [1.29, 1.82) is 0 Å². The molecule has 0 saturated carbocycles. The lowest BCUT2D eigenvalue weighted by Crippen LogP contribution is -1.96. The number of nitrogens with zero attached hydrogens (tertiary/aromatic N) is 2. The fraction of sp³-hybridized carbons (Fsp3) is 0.455. The number of pyridine rings is 1. The normalized spacial score (nSPS) is 11.4. The van der Waals surface area contributed by atoms with Crippen LogP contribution in [0.15, 0.2) is 11.6 Å². The smallest absolute Gasteiger partial charge is 0.0848 e. The Kier molecular flexibility index (Phi) is 2.50. The Hall–Kier alpha value is -0.960. The van der Waals surface area contributed by atoms with Gasteiger partial charge in [0.2, 0.25) is 0 Å². The summed E-state index contributed by atoms with van der Waals surface area (Å²) < 4.78 is 1.25. The number of hydrogen-bond acceptors (Lipinski definition) is 3. The average Bonchev–Trinajstić information content (AvgIpc) is 2.63. The van der Waals surface area contributed by atoms with Crippen molar-refractivity contribution in [2.24, 2.45) is 0 Å². The Bertz CT molecular complexity index is 445. The summed E-state index contributed by atoms with van der Waals surface area (Å²) in [5.74, 6) is 0.478. The minimum Gasteiger partial charge on any atom is -0.256 e. The van der Waals surface area contributed by atoms with E-state index in [2.05, 4.69) is 36.8 Å². The van der Waals surface area contributed by atoms with Crippen molar-refractivity contribution in [2.75, 3.05) is 0 Å². The second-order valence-corrected chi connectivity index (χ2v) is 4.56. The maximum absolute atomic E-state index is 4.66. The molecule has 0 bridgehead atoms. The molecule has 2 heterocycles. The molecule has 0 aromatic carbocycles. The lowest BCUT2D eigenvalue weighted by Gasteiger charge is -2.06. The molecule has 0 amide bonds. The van der Waals surface area contributed by atoms with E-state index in [-0.39, 0.29) is 0 Å². The molecular weight excluding hydrogens is 192 g/mol. The van der Waals surface area contributed by atoms with Gasteiger partial charge in [-0.25, -0.2) is 4.98 Å². The molecule has 0 fully saturated rings. The predicted molar refractivity (Wildman–Crippen MR) is 60.9 cm³/mol. The topological polar surface area (TPSA) is 25.8 Å². The summed E-state index contributed by atoms with van der Waals surface area (Å²) in [5.41, 5.74) is 5.34. The van der Waals surface area contributed by atoms with Gasteiger partial charge in [-0.05, 0) is 18.4 Å². The SMILES string of the molecule is CCc1nc(C(C)C)cc2ncsc12. The molecule has 74 valence electrons. The van der Waals surface area contributed by atoms with Gasteiger partial charge in [-0.15, -0.1) is 11.3 Å². The van der Waals surface area contributed by atoms with Crippen LogP contribution < -0.4 is 0 Å². The summed E-state index contributed by atoms with van der Waals surface area (Å²) in [6.07, 6.45) is 0.985. The van der Waals surface area contributed by atoms with Crippen LogP contribution in [0, 0.1) is 0 Å². The molecule has 0 aliphatic heterocycles. The van der Waals surface area contributed by atoms with Crippen molar-refractivity contribution in [3.8, 4) is 0 Å². The predicted octanol–water partition coefficient (Wildman–Crippen LogP) is 3.38. The molecule has 0 aliphatic rings. The molecule has 3 heteroatoms. The lowest BCUT2D eigenvalue weighted by molar-refractivity contribution is 0.812. The first kappa shape index (κ1) is 9.59. The zero-order valence-corrected chi connectivity index (χ0v) is 9.56. The van der Waals surface area contributed by atoms with Gasteiger partial charge in [0, 0.05) is 5.69 Å². The number of rotatable bonds is 2. The molecule has 0 radical (unpaired) electrons. The molecule has 2 aromatic rings. The van der Waals surface area contributed by atoms with E-state index in [0.29, 0.717) is 5.92 Å². The zero-order chi connectivity index (χ0) is 10.1. The van der Waals surface area contributed by atoms with Gasteiger partial charge in [0.05, 0.1) is 21.4 Å². The van der Waals surface area contributed by atoms with Gasteiger partial charge in [-0.3, -0.25) is 4.98 Å². The van der Waals surface area contributed by atoms with E-state index in [0.717, 1.165) is 17.6 Å². The van der Waals surface area contributed by atoms with Gasteiger partial charge in [-0.1, -0.05) is 20.8 Å². The monoisotopic (exact) mass is 206 g/mol. The van der Waals surface area contributed by atoms with E-state index in [1.54, 1.807) is 11.3 Å². The van der Waals surface area contributed by atoms with E-state index in [1.165, 1.54) is 10.4 Å². The minimum atomic E-state index is 0.478. The summed E-state index contributed by atoms with van der Waals surface area (Å²) in [5, 5.41) is 0. The second kappa shape index (κ2) is 3.65. The van der Waals surface area contributed by atoms with Gasteiger partial charge in [0.15, 0.2) is 0 Å². The van der Waals surface area contributed by atoms with E-state index in [1.807, 2.05) is 5.51 Å². The molecule has 2 nitrogen and oxygen atoms in total. The van der Waals surface area contributed by atoms with Gasteiger partial charge < -0.3 is 0 Å². The summed E-state index contributed by atoms with van der Waals surface area (Å²) in [7, 11) is 0. The van der Waals surface area contributed by atoms with Crippen LogP contribution in [0.5, 0.6) is 0 Å². The number of fused-ring (bicyclic) bond motifs is 1. The van der Waals surface area contributed by atoms with Gasteiger partial charge in [0.25, 0.3) is 0 Å². The molecular formula is C11H14N2S. The van der Waals surface area contributed by atoms with Crippen LogP contribution in [0.2, 0.25) is 0 Å². The van der Waals surface area contributed by atoms with Gasteiger partial charge >= 0.3 is 0 Å². The summed E-state index contributed by atoms with van der Waals surface area (Å²) >= 11 is 1.69. The Labute approximate surface area is 88.0 Å². The molecule has 2 rings (SSSR count).